The number of hydrogen-bond acceptors (Lipinski definition) is 4. The number of hydrogen-bond donors (Lipinski definition) is 2. The molecule has 3 atom stereocenters. The number of piperidine rings is 1. The van der Waals surface area contributed by atoms with E-state index >= 15 is 0 Å². The normalized spacial score (nSPS) is 25.2. The highest BCUT2D eigenvalue weighted by Crippen LogP contribution is 2.61. The molecule has 1 saturated carbocycles. The van der Waals surface area contributed by atoms with E-state index in [4.69, 9.17) is 4.74 Å². The van der Waals surface area contributed by atoms with Crippen LogP contribution in [0.5, 0.6) is 0 Å². The predicted molar refractivity (Wildman–Crippen MR) is 110 cm³/mol. The Bertz CT molecular complexity index is 719. The van der Waals surface area contributed by atoms with Gasteiger partial charge in [-0.2, -0.15) is 0 Å². The van der Waals surface area contributed by atoms with Gasteiger partial charge in [-0.3, -0.25) is 4.98 Å². The van der Waals surface area contributed by atoms with Crippen LogP contribution in [0.4, 0.5) is 4.79 Å². The zero-order chi connectivity index (χ0) is 17.1. The van der Waals surface area contributed by atoms with Crippen LogP contribution in [0, 0.1) is 11.8 Å². The first kappa shape index (κ1) is 21.5. The molecule has 1 aromatic heterocycles. The van der Waals surface area contributed by atoms with Gasteiger partial charge in [0.05, 0.1) is 0 Å². The van der Waals surface area contributed by atoms with Gasteiger partial charge in [-0.05, 0) is 49.0 Å². The molecule has 146 valence electrons. The average Bonchev–Trinajstić information content (AvgIpc) is 3.35. The molecule has 3 unspecified atom stereocenters. The number of alkyl carbamates (subject to hydrolysis) is 1. The number of nitrogens with one attached hydrogen (secondary N) is 2. The molecule has 1 amide bonds. The van der Waals surface area contributed by atoms with Crippen molar-refractivity contribution < 1.29 is 9.53 Å². The minimum absolute atomic E-state index is 0. The Hall–Kier alpha value is -1.82. The maximum Gasteiger partial charge on any atom is 0.407 e. The summed E-state index contributed by atoms with van der Waals surface area (Å²) in [5.41, 5.74) is 2.01. The van der Waals surface area contributed by atoms with E-state index in [1.807, 2.05) is 48.7 Å². The van der Waals surface area contributed by atoms with Crippen LogP contribution in [0.2, 0.25) is 0 Å². The molecule has 1 aliphatic heterocycles. The number of fused-ring (bicyclic) bond motifs is 1. The number of carbonyl (C=O) groups is 1. The van der Waals surface area contributed by atoms with Crippen LogP contribution in [0.3, 0.4) is 0 Å². The second kappa shape index (κ2) is 9.40. The van der Waals surface area contributed by atoms with Crippen molar-refractivity contribution in [2.45, 2.75) is 18.4 Å². The predicted octanol–water partition coefficient (Wildman–Crippen LogP) is 3.33. The van der Waals surface area contributed by atoms with Crippen molar-refractivity contribution >= 4 is 30.9 Å². The van der Waals surface area contributed by atoms with Crippen LogP contribution in [0.25, 0.3) is 0 Å². The van der Waals surface area contributed by atoms with Gasteiger partial charge in [-0.1, -0.05) is 36.4 Å². The highest BCUT2D eigenvalue weighted by molar-refractivity contribution is 5.85. The third-order valence-electron chi connectivity index (χ3n) is 5.58. The van der Waals surface area contributed by atoms with Crippen molar-refractivity contribution in [1.82, 2.24) is 15.6 Å². The summed E-state index contributed by atoms with van der Waals surface area (Å²) < 4.78 is 5.35. The van der Waals surface area contributed by atoms with Gasteiger partial charge in [0, 0.05) is 23.9 Å². The molecule has 5 nitrogen and oxygen atoms in total. The summed E-state index contributed by atoms with van der Waals surface area (Å²) >= 11 is 0. The first-order valence-electron chi connectivity index (χ1n) is 8.87. The third kappa shape index (κ3) is 4.37. The van der Waals surface area contributed by atoms with Crippen molar-refractivity contribution in [1.29, 1.82) is 0 Å². The van der Waals surface area contributed by atoms with Gasteiger partial charge in [0.15, 0.2) is 0 Å². The quantitative estimate of drug-likeness (QED) is 0.794. The van der Waals surface area contributed by atoms with Gasteiger partial charge in [-0.15, -0.1) is 24.8 Å². The number of carbonyl (C=O) groups excluding carboxylic acids is 1. The Balaban J connectivity index is 0.00000131. The van der Waals surface area contributed by atoms with E-state index in [1.54, 1.807) is 0 Å². The second-order valence-electron chi connectivity index (χ2n) is 6.88. The van der Waals surface area contributed by atoms with Crippen molar-refractivity contribution in [2.75, 3.05) is 19.6 Å². The molecule has 0 spiro atoms. The molecule has 0 bridgehead atoms. The lowest BCUT2D eigenvalue weighted by Crippen LogP contribution is -2.35. The van der Waals surface area contributed by atoms with Gasteiger partial charge in [0.2, 0.25) is 0 Å². The third-order valence-corrected chi connectivity index (χ3v) is 5.58. The zero-order valence-electron chi connectivity index (χ0n) is 15.0. The van der Waals surface area contributed by atoms with Crippen molar-refractivity contribution in [3.8, 4) is 0 Å². The Morgan fingerprint density at radius 1 is 1.15 bits per heavy atom. The maximum atomic E-state index is 12.2. The molecule has 2 fully saturated rings. The summed E-state index contributed by atoms with van der Waals surface area (Å²) in [5, 5.41) is 6.44. The van der Waals surface area contributed by atoms with E-state index in [9.17, 15) is 4.79 Å². The van der Waals surface area contributed by atoms with Crippen LogP contribution in [0.15, 0.2) is 54.7 Å². The Kier molecular flexibility index (Phi) is 7.48. The fourth-order valence-electron chi connectivity index (χ4n) is 4.27. The average molecular weight is 410 g/mol. The molecule has 1 aliphatic carbocycles. The monoisotopic (exact) mass is 409 g/mol. The van der Waals surface area contributed by atoms with Crippen LogP contribution >= 0.6 is 24.8 Å². The molecule has 2 N–H and O–H groups in total. The number of rotatable bonds is 5. The summed E-state index contributed by atoms with van der Waals surface area (Å²) in [6, 6.07) is 15.8. The molecule has 0 radical (unpaired) electrons. The number of nitrogens with zero attached hydrogens (tertiary/aromatic N) is 1. The summed E-state index contributed by atoms with van der Waals surface area (Å²) in [7, 11) is 0. The lowest BCUT2D eigenvalue weighted by Gasteiger charge is -2.18. The van der Waals surface area contributed by atoms with Gasteiger partial charge < -0.3 is 15.4 Å². The Labute approximate surface area is 172 Å². The molecule has 2 heterocycles. The smallest absolute Gasteiger partial charge is 0.407 e. The minimum atomic E-state index is -0.365. The maximum absolute atomic E-state index is 12.2. The molecule has 4 rings (SSSR count). The SMILES string of the molecule is Cl.Cl.O=C(NCC1(c2ccccn2)C2CCNCC21)OCc1ccccc1. The van der Waals surface area contributed by atoms with E-state index in [1.165, 1.54) is 0 Å². The highest BCUT2D eigenvalue weighted by Gasteiger charge is 2.66. The zero-order valence-corrected chi connectivity index (χ0v) is 16.6. The van der Waals surface area contributed by atoms with Crippen molar-refractivity contribution in [3.63, 3.8) is 0 Å². The summed E-state index contributed by atoms with van der Waals surface area (Å²) in [6.45, 7) is 2.89. The summed E-state index contributed by atoms with van der Waals surface area (Å²) in [4.78, 5) is 16.7. The minimum Gasteiger partial charge on any atom is -0.445 e. The molecular weight excluding hydrogens is 385 g/mol. The van der Waals surface area contributed by atoms with Gasteiger partial charge in [0.1, 0.15) is 6.61 Å². The Morgan fingerprint density at radius 2 is 1.93 bits per heavy atom. The topological polar surface area (TPSA) is 63.2 Å². The van der Waals surface area contributed by atoms with E-state index in [2.05, 4.69) is 21.7 Å². The van der Waals surface area contributed by atoms with E-state index in [-0.39, 0.29) is 42.9 Å². The molecule has 2 aromatic rings. The molecule has 1 saturated heterocycles. The van der Waals surface area contributed by atoms with Crippen LogP contribution in [0.1, 0.15) is 17.7 Å². The Morgan fingerprint density at radius 3 is 2.59 bits per heavy atom. The second-order valence-corrected chi connectivity index (χ2v) is 6.88. The van der Waals surface area contributed by atoms with Crippen LogP contribution in [-0.2, 0) is 16.8 Å². The first-order chi connectivity index (χ1) is 12.3. The lowest BCUT2D eigenvalue weighted by molar-refractivity contribution is 0.138. The van der Waals surface area contributed by atoms with E-state index < -0.39 is 0 Å². The fourth-order valence-corrected chi connectivity index (χ4v) is 4.27. The standard InChI is InChI=1S/C20H23N3O2.2ClH/c24-19(25-13-15-6-2-1-3-7-15)23-14-20(18-8-4-5-10-22-18)16-9-11-21-12-17(16)20;;/h1-8,10,16-17,21H,9,11-14H2,(H,23,24);2*1H. The van der Waals surface area contributed by atoms with Gasteiger partial charge >= 0.3 is 6.09 Å². The number of aromatic nitrogens is 1. The summed E-state index contributed by atoms with van der Waals surface area (Å²) in [6.07, 6.45) is 2.60. The fraction of sp³-hybridized carbons (Fsp3) is 0.400. The molecule has 2 aliphatic rings. The van der Waals surface area contributed by atoms with Gasteiger partial charge in [0.25, 0.3) is 0 Å². The van der Waals surface area contributed by atoms with Crippen LogP contribution < -0.4 is 10.6 Å². The number of ether oxygens (including phenoxy) is 1. The molecule has 27 heavy (non-hydrogen) atoms. The summed E-state index contributed by atoms with van der Waals surface area (Å²) in [5.74, 6) is 1.11. The number of pyridine rings is 1. The number of amides is 1. The first-order valence-corrected chi connectivity index (χ1v) is 8.87. The molecule has 1 aromatic carbocycles. The van der Waals surface area contributed by atoms with E-state index in [0.29, 0.717) is 18.4 Å². The van der Waals surface area contributed by atoms with Crippen molar-refractivity contribution in [2.24, 2.45) is 11.8 Å². The lowest BCUT2D eigenvalue weighted by atomic mass is 9.96. The van der Waals surface area contributed by atoms with Gasteiger partial charge in [-0.25, -0.2) is 4.79 Å². The highest BCUT2D eigenvalue weighted by atomic mass is 35.5. The number of halogens is 2. The largest absolute Gasteiger partial charge is 0.445 e. The molecular formula is C20H25Cl2N3O2. The van der Waals surface area contributed by atoms with Crippen LogP contribution in [-0.4, -0.2) is 30.7 Å². The number of benzene rings is 1. The molecule has 7 heteroatoms. The van der Waals surface area contributed by atoms with E-state index in [0.717, 1.165) is 30.8 Å². The van der Waals surface area contributed by atoms with Crippen molar-refractivity contribution in [3.05, 3.63) is 66.0 Å².